The van der Waals surface area contributed by atoms with Gasteiger partial charge in [0.1, 0.15) is 11.5 Å². The average molecular weight is 500 g/mol. The van der Waals surface area contributed by atoms with Crippen molar-refractivity contribution >= 4 is 28.1 Å². The molecule has 3 aliphatic carbocycles. The first-order valence-electron chi connectivity index (χ1n) is 12.7. The second kappa shape index (κ2) is 9.28. The van der Waals surface area contributed by atoms with Gasteiger partial charge < -0.3 is 25.2 Å². The van der Waals surface area contributed by atoms with Gasteiger partial charge in [0.05, 0.1) is 31.7 Å². The Morgan fingerprint density at radius 1 is 1.26 bits per heavy atom. The second-order valence-electron chi connectivity index (χ2n) is 10.9. The van der Waals surface area contributed by atoms with Gasteiger partial charge in [0.2, 0.25) is 5.91 Å². The van der Waals surface area contributed by atoms with E-state index in [4.69, 9.17) is 14.5 Å². The largest absolute Gasteiger partial charge is 0.497 e. The summed E-state index contributed by atoms with van der Waals surface area (Å²) >= 11 is 1.68. The topological polar surface area (TPSA) is 92.7 Å². The van der Waals surface area contributed by atoms with Crippen LogP contribution >= 0.6 is 11.3 Å². The van der Waals surface area contributed by atoms with Crippen LogP contribution in [0.5, 0.6) is 11.5 Å². The number of rotatable bonds is 7. The minimum Gasteiger partial charge on any atom is -0.497 e. The quantitative estimate of drug-likeness (QED) is 0.503. The number of benzene rings is 1. The minimum atomic E-state index is -0.520. The van der Waals surface area contributed by atoms with Crippen LogP contribution in [-0.2, 0) is 11.2 Å². The van der Waals surface area contributed by atoms with Crippen LogP contribution in [0.2, 0.25) is 0 Å². The smallest absolute Gasteiger partial charge is 0.223 e. The van der Waals surface area contributed by atoms with Crippen LogP contribution in [-0.4, -0.2) is 42.4 Å². The van der Waals surface area contributed by atoms with E-state index in [1.807, 2.05) is 25.1 Å². The van der Waals surface area contributed by atoms with Crippen LogP contribution in [0.1, 0.15) is 62.9 Å². The van der Waals surface area contributed by atoms with E-state index in [2.05, 4.69) is 24.5 Å². The van der Waals surface area contributed by atoms with Crippen LogP contribution in [0.15, 0.2) is 18.2 Å². The lowest BCUT2D eigenvalue weighted by molar-refractivity contribution is -0.134. The van der Waals surface area contributed by atoms with E-state index in [1.54, 1.807) is 25.6 Å². The molecule has 3 N–H and O–H groups in total. The fourth-order valence-electron chi connectivity index (χ4n) is 6.38. The summed E-state index contributed by atoms with van der Waals surface area (Å²) in [5, 5.41) is 19.0. The Morgan fingerprint density at radius 2 is 2.03 bits per heavy atom. The van der Waals surface area contributed by atoms with Gasteiger partial charge in [-0.1, -0.05) is 20.8 Å². The van der Waals surface area contributed by atoms with Crippen LogP contribution in [0.3, 0.4) is 0 Å². The SMILES string of the molecule is COc1ccc(OC)c(Nc2nc3c(s2)C[C@@]2(C)CC[C@@H]([C@H](C)C(=O)NC4CC4)[C@H](O)[C@H]2[C@H]3C)c1. The van der Waals surface area contributed by atoms with Gasteiger partial charge in [0.15, 0.2) is 5.13 Å². The Bertz CT molecular complexity index is 1100. The molecule has 5 rings (SSSR count). The van der Waals surface area contributed by atoms with Crippen molar-refractivity contribution in [2.24, 2.45) is 23.2 Å². The van der Waals surface area contributed by atoms with Crippen molar-refractivity contribution in [3.63, 3.8) is 0 Å². The highest BCUT2D eigenvalue weighted by Crippen LogP contribution is 2.57. The number of hydrogen-bond donors (Lipinski definition) is 3. The highest BCUT2D eigenvalue weighted by Gasteiger charge is 2.54. The molecule has 0 saturated heterocycles. The maximum atomic E-state index is 12.8. The first kappa shape index (κ1) is 24.4. The summed E-state index contributed by atoms with van der Waals surface area (Å²) in [6.45, 7) is 6.49. The molecule has 3 aliphatic rings. The minimum absolute atomic E-state index is 0.00746. The van der Waals surface area contributed by atoms with E-state index in [0.29, 0.717) is 6.04 Å². The van der Waals surface area contributed by atoms with E-state index < -0.39 is 6.10 Å². The molecule has 0 unspecified atom stereocenters. The van der Waals surface area contributed by atoms with Crippen molar-refractivity contribution in [3.8, 4) is 11.5 Å². The highest BCUT2D eigenvalue weighted by atomic mass is 32.1. The number of carbonyl (C=O) groups is 1. The molecular formula is C27H37N3O4S. The molecule has 0 aliphatic heterocycles. The third-order valence-electron chi connectivity index (χ3n) is 8.55. The number of fused-ring (bicyclic) bond motifs is 2. The number of aliphatic hydroxyl groups excluding tert-OH is 1. The van der Waals surface area contributed by atoms with Crippen LogP contribution in [0.25, 0.3) is 0 Å². The zero-order valence-corrected chi connectivity index (χ0v) is 22.1. The maximum Gasteiger partial charge on any atom is 0.223 e. The van der Waals surface area contributed by atoms with Crippen LogP contribution in [0.4, 0.5) is 10.8 Å². The Hall–Kier alpha value is -2.32. The van der Waals surface area contributed by atoms with Crippen molar-refractivity contribution in [1.82, 2.24) is 10.3 Å². The Labute approximate surface area is 211 Å². The molecule has 1 amide bonds. The average Bonchev–Trinajstić information content (AvgIpc) is 3.56. The molecule has 2 fully saturated rings. The molecule has 35 heavy (non-hydrogen) atoms. The fourth-order valence-corrected chi connectivity index (χ4v) is 7.66. The maximum absolute atomic E-state index is 12.8. The first-order valence-corrected chi connectivity index (χ1v) is 13.5. The van der Waals surface area contributed by atoms with Crippen molar-refractivity contribution < 1.29 is 19.4 Å². The molecule has 2 saturated carbocycles. The number of hydrogen-bond acceptors (Lipinski definition) is 7. The van der Waals surface area contributed by atoms with E-state index in [1.165, 1.54) is 4.88 Å². The Kier molecular flexibility index (Phi) is 6.46. The van der Waals surface area contributed by atoms with Gasteiger partial charge >= 0.3 is 0 Å². The van der Waals surface area contributed by atoms with Gasteiger partial charge in [-0.2, -0.15) is 0 Å². The number of nitrogens with one attached hydrogen (secondary N) is 2. The van der Waals surface area contributed by atoms with Crippen molar-refractivity contribution in [2.45, 2.75) is 70.9 Å². The lowest BCUT2D eigenvalue weighted by Gasteiger charge is -2.53. The summed E-state index contributed by atoms with van der Waals surface area (Å²) in [6.07, 6.45) is 4.42. The fraction of sp³-hybridized carbons (Fsp3) is 0.630. The van der Waals surface area contributed by atoms with Crippen LogP contribution < -0.4 is 20.1 Å². The molecule has 190 valence electrons. The number of aromatic nitrogens is 1. The number of nitrogens with zero attached hydrogens (tertiary/aromatic N) is 1. The van der Waals surface area contributed by atoms with E-state index in [-0.39, 0.29) is 35.0 Å². The molecular weight excluding hydrogens is 462 g/mol. The molecule has 8 heteroatoms. The molecule has 7 nitrogen and oxygen atoms in total. The zero-order chi connectivity index (χ0) is 24.9. The Balaban J connectivity index is 1.38. The monoisotopic (exact) mass is 499 g/mol. The summed E-state index contributed by atoms with van der Waals surface area (Å²) in [5.41, 5.74) is 1.87. The molecule has 6 atom stereocenters. The van der Waals surface area contributed by atoms with Gasteiger partial charge in [0.25, 0.3) is 0 Å². The molecule has 2 aromatic rings. The highest BCUT2D eigenvalue weighted by molar-refractivity contribution is 7.15. The van der Waals surface area contributed by atoms with Crippen molar-refractivity contribution in [2.75, 3.05) is 19.5 Å². The zero-order valence-electron chi connectivity index (χ0n) is 21.3. The third kappa shape index (κ3) is 4.51. The van der Waals surface area contributed by atoms with Gasteiger partial charge in [0, 0.05) is 28.8 Å². The van der Waals surface area contributed by atoms with E-state index in [0.717, 1.165) is 60.1 Å². The van der Waals surface area contributed by atoms with Gasteiger partial charge in [-0.25, -0.2) is 4.98 Å². The van der Waals surface area contributed by atoms with E-state index in [9.17, 15) is 9.90 Å². The van der Waals surface area contributed by atoms with Gasteiger partial charge in [-0.15, -0.1) is 11.3 Å². The first-order chi connectivity index (χ1) is 16.7. The molecule has 0 radical (unpaired) electrons. The predicted octanol–water partition coefficient (Wildman–Crippen LogP) is 4.87. The number of thiazole rings is 1. The Morgan fingerprint density at radius 3 is 2.71 bits per heavy atom. The molecule has 1 aromatic heterocycles. The summed E-state index contributed by atoms with van der Waals surface area (Å²) in [6, 6.07) is 6.00. The van der Waals surface area contributed by atoms with Crippen molar-refractivity contribution in [1.29, 1.82) is 0 Å². The molecule has 1 aromatic carbocycles. The number of amides is 1. The number of ether oxygens (including phenoxy) is 2. The standard InChI is InChI=1S/C27H37N3O4S/c1-14(25(32)28-16-6-7-16)18-10-11-27(3)13-21-23(15(2)22(27)24(18)31)30-26(35-21)29-19-12-17(33-4)8-9-20(19)34-5/h8-9,12,14-16,18,22,24,31H,6-7,10-11,13H2,1-5H3,(H,28,32)(H,29,30)/t14-,15+,18-,22+,24-,27+/m0/s1. The molecule has 1 heterocycles. The summed E-state index contributed by atoms with van der Waals surface area (Å²) in [4.78, 5) is 19.0. The van der Waals surface area contributed by atoms with Crippen LogP contribution in [0, 0.1) is 23.2 Å². The number of carbonyl (C=O) groups excluding carboxylic acids is 1. The summed E-state index contributed by atoms with van der Waals surface area (Å²) in [7, 11) is 3.30. The predicted molar refractivity (Wildman–Crippen MR) is 138 cm³/mol. The van der Waals surface area contributed by atoms with Gasteiger partial charge in [-0.05, 0) is 61.5 Å². The third-order valence-corrected chi connectivity index (χ3v) is 9.54. The summed E-state index contributed by atoms with van der Waals surface area (Å²) < 4.78 is 10.9. The molecule has 0 bridgehead atoms. The molecule has 0 spiro atoms. The second-order valence-corrected chi connectivity index (χ2v) is 12.0. The van der Waals surface area contributed by atoms with E-state index >= 15 is 0 Å². The number of anilines is 2. The lowest BCUT2D eigenvalue weighted by atomic mass is 9.53. The normalized spacial score (nSPS) is 30.6. The number of methoxy groups -OCH3 is 2. The lowest BCUT2D eigenvalue weighted by Crippen LogP contribution is -2.53. The van der Waals surface area contributed by atoms with Crippen molar-refractivity contribution in [3.05, 3.63) is 28.8 Å². The van der Waals surface area contributed by atoms with Gasteiger partial charge in [-0.3, -0.25) is 4.79 Å². The summed E-state index contributed by atoms with van der Waals surface area (Å²) in [5.74, 6) is 1.55. The number of aliphatic hydroxyl groups is 1.